The van der Waals surface area contributed by atoms with Crippen LogP contribution in [0.4, 0.5) is 4.79 Å². The van der Waals surface area contributed by atoms with Gasteiger partial charge in [-0.1, -0.05) is 6.07 Å². The first-order valence-electron chi connectivity index (χ1n) is 12.2. The average molecular weight is 635 g/mol. The van der Waals surface area contributed by atoms with Gasteiger partial charge in [-0.2, -0.15) is 10.2 Å². The Kier molecular flexibility index (Phi) is 6.01. The van der Waals surface area contributed by atoms with Crippen LogP contribution < -0.4 is 5.32 Å². The highest BCUT2D eigenvalue weighted by Crippen LogP contribution is 2.38. The number of nitrogens with zero attached hydrogens (tertiary/aromatic N) is 7. The van der Waals surface area contributed by atoms with Gasteiger partial charge >= 0.3 is 6.03 Å². The number of imidazole rings is 1. The number of sulfone groups is 1. The zero-order valence-corrected chi connectivity index (χ0v) is 23.5. The van der Waals surface area contributed by atoms with E-state index < -0.39 is 9.84 Å². The molecule has 1 N–H and O–H groups in total. The number of fused-ring (bicyclic) bond motifs is 2. The topological polar surface area (TPSA) is 120 Å². The SMILES string of the molecule is CNC(=O)N1CCn2c(C3CCS(=O)(=O)CC3)nc(-c3ccc4c(c3)c(-c3cnn(C)c3)nn4I)c2C1. The minimum absolute atomic E-state index is 0.0781. The molecule has 6 rings (SSSR count). The zero-order chi connectivity index (χ0) is 25.9. The molecule has 4 aromatic rings. The van der Waals surface area contributed by atoms with E-state index >= 15 is 0 Å². The molecule has 0 aliphatic carbocycles. The summed E-state index contributed by atoms with van der Waals surface area (Å²) >= 11 is 2.18. The quantitative estimate of drug-likeness (QED) is 0.347. The van der Waals surface area contributed by atoms with E-state index in [1.807, 2.05) is 28.3 Å². The Hall–Kier alpha value is -2.94. The maximum atomic E-state index is 12.5. The fourth-order valence-electron chi connectivity index (χ4n) is 5.40. The highest BCUT2D eigenvalue weighted by atomic mass is 127. The third-order valence-corrected chi connectivity index (χ3v) is 9.80. The molecule has 1 saturated heterocycles. The van der Waals surface area contributed by atoms with Crippen molar-refractivity contribution in [2.75, 3.05) is 25.1 Å². The highest BCUT2D eigenvalue weighted by molar-refractivity contribution is 14.1. The van der Waals surface area contributed by atoms with Crippen LogP contribution in [0.15, 0.2) is 30.6 Å². The minimum atomic E-state index is -2.98. The van der Waals surface area contributed by atoms with E-state index in [2.05, 4.69) is 43.9 Å². The molecule has 0 saturated carbocycles. The van der Waals surface area contributed by atoms with Crippen LogP contribution >= 0.6 is 22.9 Å². The lowest BCUT2D eigenvalue weighted by Crippen LogP contribution is -2.43. The molecule has 2 aliphatic heterocycles. The zero-order valence-electron chi connectivity index (χ0n) is 20.6. The van der Waals surface area contributed by atoms with Gasteiger partial charge in [0.15, 0.2) is 0 Å². The lowest BCUT2D eigenvalue weighted by Gasteiger charge is -2.30. The third kappa shape index (κ3) is 4.31. The summed E-state index contributed by atoms with van der Waals surface area (Å²) in [6.45, 7) is 1.64. The van der Waals surface area contributed by atoms with Gasteiger partial charge in [-0.15, -0.1) is 0 Å². The number of rotatable bonds is 3. The Labute approximate surface area is 228 Å². The van der Waals surface area contributed by atoms with Crippen LogP contribution in [0.5, 0.6) is 0 Å². The second kappa shape index (κ2) is 9.11. The number of carbonyl (C=O) groups is 1. The first kappa shape index (κ1) is 24.4. The summed E-state index contributed by atoms with van der Waals surface area (Å²) in [5.74, 6) is 1.38. The van der Waals surface area contributed by atoms with E-state index in [0.717, 1.165) is 44.9 Å². The second-order valence-electron chi connectivity index (χ2n) is 9.66. The standard InChI is InChI=1S/C24H27IN8O3S/c1-26-24(34)31-7-8-32-20(14-31)22(28-23(32)15-5-9-37(35,36)10-6-15)16-3-4-19-18(11-16)21(29-33(19)25)17-12-27-30(2)13-17/h3-4,11-13,15H,5-10,14H2,1-2H3,(H,26,34). The number of aryl methyl sites for hydroxylation is 1. The van der Waals surface area contributed by atoms with Gasteiger partial charge in [-0.3, -0.25) is 4.68 Å². The number of urea groups is 1. The lowest BCUT2D eigenvalue weighted by molar-refractivity contribution is 0.185. The molecule has 1 aromatic carbocycles. The summed E-state index contributed by atoms with van der Waals surface area (Å²) < 4.78 is 30.0. The number of halogens is 1. The van der Waals surface area contributed by atoms with Crippen molar-refractivity contribution in [1.82, 2.24) is 37.5 Å². The average Bonchev–Trinajstić information content (AvgIpc) is 3.58. The van der Waals surface area contributed by atoms with Crippen molar-refractivity contribution in [3.63, 3.8) is 0 Å². The number of benzene rings is 1. The third-order valence-electron chi connectivity index (χ3n) is 7.35. The van der Waals surface area contributed by atoms with Crippen molar-refractivity contribution in [3.8, 4) is 22.5 Å². The molecule has 11 nitrogen and oxygen atoms in total. The Balaban J connectivity index is 1.48. The first-order valence-corrected chi connectivity index (χ1v) is 15.0. The minimum Gasteiger partial charge on any atom is -0.341 e. The summed E-state index contributed by atoms with van der Waals surface area (Å²) in [5.41, 5.74) is 5.51. The van der Waals surface area contributed by atoms with E-state index in [9.17, 15) is 13.2 Å². The first-order chi connectivity index (χ1) is 17.7. The molecule has 3 aromatic heterocycles. The molecule has 194 valence electrons. The maximum absolute atomic E-state index is 12.5. The van der Waals surface area contributed by atoms with Gasteiger partial charge in [0.2, 0.25) is 0 Å². The molecule has 0 unspecified atom stereocenters. The summed E-state index contributed by atoms with van der Waals surface area (Å²) in [6, 6.07) is 6.08. The molecular weight excluding hydrogens is 607 g/mol. The maximum Gasteiger partial charge on any atom is 0.317 e. The number of hydrogen-bond donors (Lipinski definition) is 1. The fourth-order valence-corrected chi connectivity index (χ4v) is 7.53. The Morgan fingerprint density at radius 1 is 1.14 bits per heavy atom. The van der Waals surface area contributed by atoms with E-state index in [0.29, 0.717) is 32.5 Å². The van der Waals surface area contributed by atoms with Crippen molar-refractivity contribution in [2.24, 2.45) is 7.05 Å². The van der Waals surface area contributed by atoms with Gasteiger partial charge < -0.3 is 14.8 Å². The van der Waals surface area contributed by atoms with E-state index in [-0.39, 0.29) is 23.5 Å². The number of nitrogens with one attached hydrogen (secondary N) is 1. The van der Waals surface area contributed by atoms with Gasteiger partial charge in [0.05, 0.1) is 64.0 Å². The molecule has 0 atom stereocenters. The second-order valence-corrected chi connectivity index (χ2v) is 12.9. The number of hydrogen-bond acceptors (Lipinski definition) is 6. The Morgan fingerprint density at radius 2 is 1.92 bits per heavy atom. The van der Waals surface area contributed by atoms with Crippen LogP contribution in [0.3, 0.4) is 0 Å². The largest absolute Gasteiger partial charge is 0.341 e. The summed E-state index contributed by atoms with van der Waals surface area (Å²) in [7, 11) is 0.538. The molecule has 0 spiro atoms. The van der Waals surface area contributed by atoms with Crippen molar-refractivity contribution in [1.29, 1.82) is 0 Å². The van der Waals surface area contributed by atoms with Gasteiger partial charge in [-0.25, -0.2) is 21.1 Å². The van der Waals surface area contributed by atoms with Crippen molar-refractivity contribution >= 4 is 49.6 Å². The van der Waals surface area contributed by atoms with E-state index in [4.69, 9.17) is 10.1 Å². The molecule has 0 bridgehead atoms. The fraction of sp³-hybridized carbons (Fsp3) is 0.417. The molecule has 5 heterocycles. The normalized spacial score (nSPS) is 17.8. The van der Waals surface area contributed by atoms with Crippen LogP contribution in [-0.4, -0.2) is 71.8 Å². The predicted octanol–water partition coefficient (Wildman–Crippen LogP) is 2.95. The number of aromatic nitrogens is 6. The highest BCUT2D eigenvalue weighted by Gasteiger charge is 2.33. The van der Waals surface area contributed by atoms with Crippen molar-refractivity contribution < 1.29 is 13.2 Å². The molecule has 0 radical (unpaired) electrons. The smallest absolute Gasteiger partial charge is 0.317 e. The van der Waals surface area contributed by atoms with Crippen LogP contribution in [-0.2, 0) is 30.0 Å². The van der Waals surface area contributed by atoms with Crippen molar-refractivity contribution in [2.45, 2.75) is 31.8 Å². The number of amides is 2. The summed E-state index contributed by atoms with van der Waals surface area (Å²) in [5, 5.41) is 12.8. The van der Waals surface area contributed by atoms with Gasteiger partial charge in [-0.05, 0) is 25.0 Å². The van der Waals surface area contributed by atoms with Crippen LogP contribution in [0, 0.1) is 0 Å². The molecule has 2 aliphatic rings. The molecule has 13 heteroatoms. The molecular formula is C24H27IN8O3S. The Morgan fingerprint density at radius 3 is 2.62 bits per heavy atom. The molecule has 2 amide bonds. The summed E-state index contributed by atoms with van der Waals surface area (Å²) in [4.78, 5) is 19.4. The van der Waals surface area contributed by atoms with E-state index in [1.165, 1.54) is 0 Å². The lowest BCUT2D eigenvalue weighted by atomic mass is 10.0. The van der Waals surface area contributed by atoms with Crippen LogP contribution in [0.2, 0.25) is 0 Å². The molecule has 1 fully saturated rings. The number of carbonyl (C=O) groups excluding carboxylic acids is 1. The monoisotopic (exact) mass is 634 g/mol. The van der Waals surface area contributed by atoms with Gasteiger partial charge in [0.1, 0.15) is 21.4 Å². The molecule has 37 heavy (non-hydrogen) atoms. The Bertz CT molecular complexity index is 1620. The summed E-state index contributed by atoms with van der Waals surface area (Å²) in [6.07, 6.45) is 4.90. The van der Waals surface area contributed by atoms with Crippen molar-refractivity contribution in [3.05, 3.63) is 42.1 Å². The predicted molar refractivity (Wildman–Crippen MR) is 148 cm³/mol. The van der Waals surface area contributed by atoms with Crippen LogP contribution in [0.1, 0.15) is 30.3 Å². The van der Waals surface area contributed by atoms with E-state index in [1.54, 1.807) is 22.8 Å². The van der Waals surface area contributed by atoms with Gasteiger partial charge in [0, 0.05) is 55.8 Å². The van der Waals surface area contributed by atoms with Crippen LogP contribution in [0.25, 0.3) is 33.4 Å². The van der Waals surface area contributed by atoms with Gasteiger partial charge in [0.25, 0.3) is 0 Å².